The molecule has 2 heterocycles. The maximum atomic E-state index is 12.3. The van der Waals surface area contributed by atoms with E-state index < -0.39 is 11.4 Å². The Hall–Kier alpha value is -1.40. The highest BCUT2D eigenvalue weighted by Crippen LogP contribution is 2.36. The molecule has 0 saturated heterocycles. The maximum Gasteiger partial charge on any atom is 0.311 e. The lowest BCUT2D eigenvalue weighted by Crippen LogP contribution is -2.44. The summed E-state index contributed by atoms with van der Waals surface area (Å²) in [7, 11) is 0. The third-order valence-electron chi connectivity index (χ3n) is 4.70. The quantitative estimate of drug-likeness (QED) is 0.893. The molecule has 0 radical (unpaired) electrons. The molecule has 1 aromatic rings. The molecule has 3 rings (SSSR count). The van der Waals surface area contributed by atoms with Gasteiger partial charge in [-0.15, -0.1) is 11.3 Å². The first kappa shape index (κ1) is 15.5. The minimum absolute atomic E-state index is 0.161. The third kappa shape index (κ3) is 3.03. The number of rotatable bonds is 4. The first-order chi connectivity index (χ1) is 10.6. The van der Waals surface area contributed by atoms with Crippen LogP contribution in [-0.2, 0) is 22.6 Å². The van der Waals surface area contributed by atoms with E-state index in [1.807, 2.05) is 6.07 Å². The van der Waals surface area contributed by atoms with Crippen LogP contribution in [0.3, 0.4) is 0 Å². The van der Waals surface area contributed by atoms with Crippen LogP contribution in [0.15, 0.2) is 6.07 Å². The van der Waals surface area contributed by atoms with E-state index in [0.29, 0.717) is 30.9 Å². The summed E-state index contributed by atoms with van der Waals surface area (Å²) >= 11 is 1.50. The largest absolute Gasteiger partial charge is 0.481 e. The smallest absolute Gasteiger partial charge is 0.311 e. The Morgan fingerprint density at radius 2 is 2.09 bits per heavy atom. The summed E-state index contributed by atoms with van der Waals surface area (Å²) in [6.45, 7) is 1.50. The van der Waals surface area contributed by atoms with Crippen LogP contribution in [0.1, 0.15) is 52.2 Å². The van der Waals surface area contributed by atoms with Gasteiger partial charge in [0.05, 0.1) is 23.5 Å². The van der Waals surface area contributed by atoms with Gasteiger partial charge >= 0.3 is 5.97 Å². The van der Waals surface area contributed by atoms with Crippen molar-refractivity contribution < 1.29 is 19.4 Å². The summed E-state index contributed by atoms with van der Waals surface area (Å²) in [6, 6.07) is 1.88. The number of ether oxygens (including phenoxy) is 1. The molecule has 120 valence electrons. The van der Waals surface area contributed by atoms with E-state index in [1.54, 1.807) is 0 Å². The third-order valence-corrected chi connectivity index (χ3v) is 5.94. The molecule has 2 aliphatic rings. The van der Waals surface area contributed by atoms with E-state index in [0.717, 1.165) is 31.2 Å². The van der Waals surface area contributed by atoms with Crippen molar-refractivity contribution in [1.29, 1.82) is 0 Å². The van der Waals surface area contributed by atoms with Gasteiger partial charge in [0.15, 0.2) is 0 Å². The number of hydrogen-bond acceptors (Lipinski definition) is 4. The number of amides is 1. The normalized spacial score (nSPS) is 20.2. The Balaban J connectivity index is 1.66. The van der Waals surface area contributed by atoms with Gasteiger partial charge in [0.1, 0.15) is 0 Å². The topological polar surface area (TPSA) is 75.6 Å². The highest BCUT2D eigenvalue weighted by molar-refractivity contribution is 7.14. The van der Waals surface area contributed by atoms with Crippen LogP contribution in [0.5, 0.6) is 0 Å². The number of hydrogen-bond donors (Lipinski definition) is 2. The monoisotopic (exact) mass is 323 g/mol. The van der Waals surface area contributed by atoms with Crippen molar-refractivity contribution in [3.8, 4) is 0 Å². The standard InChI is InChI=1S/C16H21NO4S/c18-14(13-8-11-9-21-7-4-12(11)22-13)17-10-16(15(19)20)5-2-1-3-6-16/h8H,1-7,9-10H2,(H,17,18)(H,19,20). The fourth-order valence-electron chi connectivity index (χ4n) is 3.29. The molecule has 22 heavy (non-hydrogen) atoms. The summed E-state index contributed by atoms with van der Waals surface area (Å²) in [4.78, 5) is 25.8. The van der Waals surface area contributed by atoms with Crippen LogP contribution >= 0.6 is 11.3 Å². The lowest BCUT2D eigenvalue weighted by molar-refractivity contribution is -0.150. The van der Waals surface area contributed by atoms with Crippen molar-refractivity contribution in [2.75, 3.05) is 13.2 Å². The molecule has 0 spiro atoms. The van der Waals surface area contributed by atoms with Crippen LogP contribution in [0.25, 0.3) is 0 Å². The van der Waals surface area contributed by atoms with Crippen molar-refractivity contribution in [3.05, 3.63) is 21.4 Å². The second-order valence-electron chi connectivity index (χ2n) is 6.19. The van der Waals surface area contributed by atoms with Crippen LogP contribution in [0.4, 0.5) is 0 Å². The average Bonchev–Trinajstić information content (AvgIpc) is 2.97. The van der Waals surface area contributed by atoms with E-state index in [4.69, 9.17) is 4.74 Å². The average molecular weight is 323 g/mol. The molecule has 1 aliphatic carbocycles. The van der Waals surface area contributed by atoms with Crippen LogP contribution in [0, 0.1) is 5.41 Å². The fraction of sp³-hybridized carbons (Fsp3) is 0.625. The molecule has 0 atom stereocenters. The molecule has 0 bridgehead atoms. The first-order valence-electron chi connectivity index (χ1n) is 7.82. The Bertz CT molecular complexity index is 551. The summed E-state index contributed by atoms with van der Waals surface area (Å²) in [6.07, 6.45) is 5.08. The molecule has 1 fully saturated rings. The predicted molar refractivity (Wildman–Crippen MR) is 83.2 cm³/mol. The van der Waals surface area contributed by atoms with Crippen molar-refractivity contribution in [3.63, 3.8) is 0 Å². The molecular formula is C16H21NO4S. The lowest BCUT2D eigenvalue weighted by atomic mass is 9.74. The number of carboxylic acids is 1. The highest BCUT2D eigenvalue weighted by atomic mass is 32.1. The van der Waals surface area contributed by atoms with Crippen LogP contribution in [0.2, 0.25) is 0 Å². The summed E-state index contributed by atoms with van der Waals surface area (Å²) in [5.41, 5.74) is 0.306. The fourth-order valence-corrected chi connectivity index (χ4v) is 4.36. The number of nitrogens with one attached hydrogen (secondary N) is 1. The highest BCUT2D eigenvalue weighted by Gasteiger charge is 2.39. The van der Waals surface area contributed by atoms with Crippen molar-refractivity contribution in [1.82, 2.24) is 5.32 Å². The van der Waals surface area contributed by atoms with Gasteiger partial charge in [0.25, 0.3) is 5.91 Å². The molecule has 6 heteroatoms. The van der Waals surface area contributed by atoms with Gasteiger partial charge in [-0.1, -0.05) is 19.3 Å². The Morgan fingerprint density at radius 3 is 2.77 bits per heavy atom. The molecule has 1 amide bonds. The molecule has 0 unspecified atom stereocenters. The SMILES string of the molecule is O=C(NCC1(C(=O)O)CCCCC1)c1cc2c(s1)CCOC2. The second kappa shape index (κ2) is 6.38. The van der Waals surface area contributed by atoms with E-state index in [1.165, 1.54) is 16.2 Å². The van der Waals surface area contributed by atoms with E-state index >= 15 is 0 Å². The summed E-state index contributed by atoms with van der Waals surface area (Å²) < 4.78 is 5.39. The molecule has 1 aromatic heterocycles. The minimum Gasteiger partial charge on any atom is -0.481 e. The Kier molecular flexibility index (Phi) is 4.49. The number of aliphatic carboxylic acids is 1. The number of thiophene rings is 1. The summed E-state index contributed by atoms with van der Waals surface area (Å²) in [5.74, 6) is -0.947. The van der Waals surface area contributed by atoms with Gasteiger partial charge in [-0.3, -0.25) is 9.59 Å². The molecular weight excluding hydrogens is 302 g/mol. The van der Waals surface area contributed by atoms with E-state index in [2.05, 4.69) is 5.32 Å². The number of carboxylic acid groups (broad SMARTS) is 1. The Labute approximate surface area is 133 Å². The van der Waals surface area contributed by atoms with E-state index in [-0.39, 0.29) is 12.5 Å². The Morgan fingerprint density at radius 1 is 1.32 bits per heavy atom. The maximum absolute atomic E-state index is 12.3. The predicted octanol–water partition coefficient (Wildman–Crippen LogP) is 2.59. The molecule has 5 nitrogen and oxygen atoms in total. The van der Waals surface area contributed by atoms with Gasteiger partial charge in [0, 0.05) is 17.8 Å². The van der Waals surface area contributed by atoms with E-state index in [9.17, 15) is 14.7 Å². The van der Waals surface area contributed by atoms with Gasteiger partial charge in [-0.2, -0.15) is 0 Å². The molecule has 0 aromatic carbocycles. The van der Waals surface area contributed by atoms with Gasteiger partial charge in [-0.25, -0.2) is 0 Å². The van der Waals surface area contributed by atoms with Crippen LogP contribution in [-0.4, -0.2) is 30.1 Å². The van der Waals surface area contributed by atoms with Gasteiger partial charge in [0.2, 0.25) is 0 Å². The molecule has 1 aliphatic heterocycles. The van der Waals surface area contributed by atoms with Crippen LogP contribution < -0.4 is 5.32 Å². The molecule has 2 N–H and O–H groups in total. The zero-order chi connectivity index (χ0) is 15.6. The number of carbonyl (C=O) groups excluding carboxylic acids is 1. The zero-order valence-corrected chi connectivity index (χ0v) is 13.3. The second-order valence-corrected chi connectivity index (χ2v) is 7.33. The van der Waals surface area contributed by atoms with Gasteiger partial charge in [-0.05, 0) is 24.5 Å². The molecule has 1 saturated carbocycles. The first-order valence-corrected chi connectivity index (χ1v) is 8.63. The minimum atomic E-state index is -0.786. The van der Waals surface area contributed by atoms with Crippen molar-refractivity contribution in [2.45, 2.75) is 45.1 Å². The van der Waals surface area contributed by atoms with Gasteiger partial charge < -0.3 is 15.2 Å². The lowest BCUT2D eigenvalue weighted by Gasteiger charge is -2.33. The number of fused-ring (bicyclic) bond motifs is 1. The number of carbonyl (C=O) groups is 2. The zero-order valence-electron chi connectivity index (χ0n) is 12.5. The summed E-state index contributed by atoms with van der Waals surface area (Å²) in [5, 5.41) is 12.4. The van der Waals surface area contributed by atoms with Crippen molar-refractivity contribution >= 4 is 23.2 Å². The van der Waals surface area contributed by atoms with Crippen molar-refractivity contribution in [2.24, 2.45) is 5.41 Å².